The van der Waals surface area contributed by atoms with Crippen LogP contribution in [0.3, 0.4) is 0 Å². The topological polar surface area (TPSA) is 122 Å². The predicted octanol–water partition coefficient (Wildman–Crippen LogP) is 5.14. The Morgan fingerprint density at radius 2 is 1.79 bits per heavy atom. The average Bonchev–Trinajstić information content (AvgIpc) is 3.26. The quantitative estimate of drug-likeness (QED) is 0.190. The maximum absolute atomic E-state index is 12.2. The second-order valence-electron chi connectivity index (χ2n) is 10.7. The van der Waals surface area contributed by atoms with Crippen LogP contribution in [-0.4, -0.2) is 74.5 Å². The summed E-state index contributed by atoms with van der Waals surface area (Å²) in [6, 6.07) is 10.9. The molecule has 0 bridgehead atoms. The number of hydrogen-bond acceptors (Lipinski definition) is 9. The summed E-state index contributed by atoms with van der Waals surface area (Å²) in [5.74, 6) is -0.475. The Balaban J connectivity index is 1.78. The fourth-order valence-electron chi connectivity index (χ4n) is 4.88. The highest BCUT2D eigenvalue weighted by atomic mass is 16.8. The van der Waals surface area contributed by atoms with Gasteiger partial charge in [-0.25, -0.2) is 4.79 Å². The van der Waals surface area contributed by atoms with Crippen molar-refractivity contribution in [3.63, 3.8) is 0 Å². The number of aliphatic hydroxyl groups is 1. The molecule has 10 nitrogen and oxygen atoms in total. The van der Waals surface area contributed by atoms with Gasteiger partial charge >= 0.3 is 5.97 Å². The second kappa shape index (κ2) is 15.9. The van der Waals surface area contributed by atoms with Crippen LogP contribution in [0, 0.1) is 0 Å². The van der Waals surface area contributed by atoms with Crippen LogP contribution < -0.4 is 14.2 Å². The van der Waals surface area contributed by atoms with E-state index < -0.39 is 30.1 Å². The molecule has 42 heavy (non-hydrogen) atoms. The maximum Gasteiger partial charge on any atom is 0.339 e. The average molecular weight is 589 g/mol. The van der Waals surface area contributed by atoms with Crippen molar-refractivity contribution in [2.75, 3.05) is 28.1 Å². The molecule has 232 valence electrons. The summed E-state index contributed by atoms with van der Waals surface area (Å²) in [5.41, 5.74) is 1.65. The van der Waals surface area contributed by atoms with Gasteiger partial charge in [-0.15, -0.1) is 0 Å². The van der Waals surface area contributed by atoms with Gasteiger partial charge in [0.25, 0.3) is 0 Å². The molecule has 1 aliphatic heterocycles. The first-order valence-electron chi connectivity index (χ1n) is 14.1. The molecule has 1 fully saturated rings. The summed E-state index contributed by atoms with van der Waals surface area (Å²) in [6.07, 6.45) is 4.27. The highest BCUT2D eigenvalue weighted by Gasteiger charge is 2.44. The lowest BCUT2D eigenvalue weighted by Crippen LogP contribution is -2.36. The molecule has 0 amide bonds. The molecule has 1 aliphatic rings. The molecule has 10 heteroatoms. The monoisotopic (exact) mass is 588 g/mol. The molecule has 4 atom stereocenters. The summed E-state index contributed by atoms with van der Waals surface area (Å²) in [4.78, 5) is 12.2. The number of benzene rings is 2. The third-order valence-corrected chi connectivity index (χ3v) is 6.82. The normalized spacial score (nSPS) is 19.5. The fraction of sp³-hybridized carbons (Fsp3) is 0.531. The van der Waals surface area contributed by atoms with Crippen LogP contribution in [0.5, 0.6) is 17.2 Å². The van der Waals surface area contributed by atoms with E-state index in [4.69, 9.17) is 33.2 Å². The summed E-state index contributed by atoms with van der Waals surface area (Å²) in [7, 11) is 4.61. The zero-order valence-electron chi connectivity index (χ0n) is 25.3. The molecular weight excluding hydrogens is 544 g/mol. The van der Waals surface area contributed by atoms with E-state index in [1.807, 2.05) is 50.3 Å². The largest absolute Gasteiger partial charge is 0.497 e. The molecule has 3 rings (SSSR count). The Morgan fingerprint density at radius 1 is 1.07 bits per heavy atom. The molecule has 2 N–H and O–H groups in total. The summed E-state index contributed by atoms with van der Waals surface area (Å²) in [6.45, 7) is 5.72. The van der Waals surface area contributed by atoms with E-state index in [1.54, 1.807) is 26.2 Å². The number of hydrogen-bond donors (Lipinski definition) is 2. The minimum absolute atomic E-state index is 0.0788. The van der Waals surface area contributed by atoms with Crippen LogP contribution in [0.4, 0.5) is 0 Å². The summed E-state index contributed by atoms with van der Waals surface area (Å²) >= 11 is 0. The Kier molecular flexibility index (Phi) is 12.6. The van der Waals surface area contributed by atoms with Crippen molar-refractivity contribution in [2.24, 2.45) is 0 Å². The van der Waals surface area contributed by atoms with Crippen molar-refractivity contribution < 1.29 is 48.2 Å². The Hall–Kier alpha value is -3.15. The van der Waals surface area contributed by atoms with Crippen LogP contribution in [-0.2, 0) is 32.0 Å². The van der Waals surface area contributed by atoms with Crippen molar-refractivity contribution in [3.8, 4) is 17.2 Å². The molecule has 2 aromatic carbocycles. The highest BCUT2D eigenvalue weighted by molar-refractivity contribution is 5.93. The third-order valence-electron chi connectivity index (χ3n) is 6.82. The number of aliphatic hydroxyl groups excluding tert-OH is 1. The van der Waals surface area contributed by atoms with Crippen molar-refractivity contribution in [2.45, 2.75) is 83.3 Å². The molecule has 1 heterocycles. The molecule has 0 aromatic heterocycles. The number of carbonyl (C=O) groups is 1. The van der Waals surface area contributed by atoms with Crippen LogP contribution >= 0.6 is 0 Å². The first-order valence-corrected chi connectivity index (χ1v) is 14.1. The van der Waals surface area contributed by atoms with Crippen molar-refractivity contribution in [1.29, 1.82) is 0 Å². The lowest BCUT2D eigenvalue weighted by atomic mass is 9.96. The van der Waals surface area contributed by atoms with Gasteiger partial charge in [0.15, 0.2) is 12.6 Å². The Bertz CT molecular complexity index is 1160. The Labute approximate surface area is 248 Å². The van der Waals surface area contributed by atoms with Gasteiger partial charge in [-0.3, -0.25) is 0 Å². The second-order valence-corrected chi connectivity index (χ2v) is 10.7. The van der Waals surface area contributed by atoms with Gasteiger partial charge in [0.05, 0.1) is 33.0 Å². The first-order chi connectivity index (χ1) is 20.1. The predicted molar refractivity (Wildman–Crippen MR) is 156 cm³/mol. The number of aromatic carboxylic acids is 1. The lowest BCUT2D eigenvalue weighted by Gasteiger charge is -2.25. The van der Waals surface area contributed by atoms with E-state index >= 15 is 0 Å². The van der Waals surface area contributed by atoms with Gasteiger partial charge in [0, 0.05) is 13.2 Å². The number of ether oxygens (including phenoxy) is 7. The van der Waals surface area contributed by atoms with Crippen LogP contribution in [0.15, 0.2) is 48.6 Å². The Morgan fingerprint density at radius 3 is 2.40 bits per heavy atom. The van der Waals surface area contributed by atoms with Gasteiger partial charge in [-0.05, 0) is 75.8 Å². The first kappa shape index (κ1) is 33.4. The number of carboxylic acid groups (broad SMARTS) is 1. The van der Waals surface area contributed by atoms with E-state index in [1.165, 1.54) is 14.2 Å². The number of methoxy groups -OCH3 is 3. The molecule has 0 radical (unpaired) electrons. The van der Waals surface area contributed by atoms with Gasteiger partial charge in [0.1, 0.15) is 35.0 Å². The van der Waals surface area contributed by atoms with Crippen molar-refractivity contribution >= 4 is 5.97 Å². The molecule has 2 aromatic rings. The number of aryl methyl sites for hydroxylation is 1. The van der Waals surface area contributed by atoms with Gasteiger partial charge < -0.3 is 43.4 Å². The van der Waals surface area contributed by atoms with E-state index in [0.717, 1.165) is 11.3 Å². The lowest BCUT2D eigenvalue weighted by molar-refractivity contribution is -0.156. The molecule has 0 saturated carbocycles. The number of carboxylic acids is 1. The molecule has 0 aliphatic carbocycles. The third kappa shape index (κ3) is 9.71. The number of rotatable bonds is 17. The maximum atomic E-state index is 12.2. The SMILES string of the molecule is COCOc1cc(OC)cc(CCC[C@@H]2OC(C)(C)O[C@@H]2C(/C=C\C[C@H](C)O)OCc2ccc(OC)cc2)c1C(=O)O. The van der Waals surface area contributed by atoms with E-state index in [9.17, 15) is 15.0 Å². The zero-order valence-corrected chi connectivity index (χ0v) is 25.3. The van der Waals surface area contributed by atoms with Crippen LogP contribution in [0.25, 0.3) is 0 Å². The van der Waals surface area contributed by atoms with Crippen LogP contribution in [0.1, 0.15) is 61.5 Å². The molecule has 0 spiro atoms. The molecule has 1 saturated heterocycles. The van der Waals surface area contributed by atoms with Crippen LogP contribution in [0.2, 0.25) is 0 Å². The summed E-state index contributed by atoms with van der Waals surface area (Å²) in [5, 5.41) is 19.7. The van der Waals surface area contributed by atoms with Crippen molar-refractivity contribution in [3.05, 3.63) is 65.2 Å². The molecular formula is C32H44O10. The van der Waals surface area contributed by atoms with Crippen molar-refractivity contribution in [1.82, 2.24) is 0 Å². The van der Waals surface area contributed by atoms with E-state index in [0.29, 0.717) is 43.6 Å². The van der Waals surface area contributed by atoms with Gasteiger partial charge in [0.2, 0.25) is 0 Å². The fourth-order valence-corrected chi connectivity index (χ4v) is 4.88. The standard InChI is InChI=1S/C32H44O10/c1-21(33)9-7-11-26(39-19-22-13-15-24(37-5)16-14-22)30-27(41-32(2,3)42-30)12-8-10-23-17-25(38-6)18-28(40-20-36-4)29(23)31(34)35/h7,11,13-18,21,26-27,30,33H,8-10,12,19-20H2,1-6H3,(H,34,35)/b11-7-/t21-,26?,27-,30+/m0/s1. The minimum atomic E-state index is -1.09. The minimum Gasteiger partial charge on any atom is -0.497 e. The van der Waals surface area contributed by atoms with Gasteiger partial charge in [-0.2, -0.15) is 0 Å². The highest BCUT2D eigenvalue weighted by Crippen LogP contribution is 2.35. The van der Waals surface area contributed by atoms with E-state index in [-0.39, 0.29) is 24.2 Å². The van der Waals surface area contributed by atoms with E-state index in [2.05, 4.69) is 0 Å². The smallest absolute Gasteiger partial charge is 0.339 e. The molecule has 1 unspecified atom stereocenters. The van der Waals surface area contributed by atoms with Gasteiger partial charge in [-0.1, -0.05) is 24.3 Å². The zero-order chi connectivity index (χ0) is 30.7. The summed E-state index contributed by atoms with van der Waals surface area (Å²) < 4.78 is 40.2.